The minimum atomic E-state index is -0.378. The van der Waals surface area contributed by atoms with Gasteiger partial charge in [-0.1, -0.05) is 22.8 Å². The second-order valence-electron chi connectivity index (χ2n) is 5.07. The van der Waals surface area contributed by atoms with Gasteiger partial charge in [-0.15, -0.1) is 5.10 Å². The molecule has 22 heavy (non-hydrogen) atoms. The highest BCUT2D eigenvalue weighted by molar-refractivity contribution is 6.02. The molecule has 3 rings (SSSR count). The minimum absolute atomic E-state index is 0.0469. The van der Waals surface area contributed by atoms with Gasteiger partial charge in [-0.3, -0.25) is 14.8 Å². The van der Waals surface area contributed by atoms with Crippen LogP contribution in [0.15, 0.2) is 34.9 Å². The molecule has 3 aromatic rings. The Balaban J connectivity index is 1.78. The lowest BCUT2D eigenvalue weighted by Crippen LogP contribution is -2.14. The number of nitrogens with zero attached hydrogens (tertiary/aromatic N) is 4. The second-order valence-corrected chi connectivity index (χ2v) is 5.07. The third kappa shape index (κ3) is 2.73. The minimum Gasteiger partial charge on any atom is -0.403 e. The summed E-state index contributed by atoms with van der Waals surface area (Å²) in [4.78, 5) is 12.1. The van der Waals surface area contributed by atoms with E-state index in [-0.39, 0.29) is 11.9 Å². The van der Waals surface area contributed by atoms with E-state index in [1.54, 1.807) is 17.9 Å². The Morgan fingerprint density at radius 3 is 2.55 bits per heavy atom. The maximum atomic E-state index is 12.1. The summed E-state index contributed by atoms with van der Waals surface area (Å²) in [5, 5.41) is 14.4. The molecule has 7 nitrogen and oxygen atoms in total. The van der Waals surface area contributed by atoms with Gasteiger partial charge in [0.05, 0.1) is 0 Å². The van der Waals surface area contributed by atoms with E-state index in [9.17, 15) is 4.79 Å². The van der Waals surface area contributed by atoms with Gasteiger partial charge in [0, 0.05) is 24.4 Å². The van der Waals surface area contributed by atoms with E-state index in [0.717, 1.165) is 16.7 Å². The van der Waals surface area contributed by atoms with E-state index in [1.807, 2.05) is 38.1 Å². The highest BCUT2D eigenvalue weighted by Crippen LogP contribution is 2.20. The van der Waals surface area contributed by atoms with Gasteiger partial charge in [0.1, 0.15) is 0 Å². The number of carbonyl (C=O) groups excluding carboxylic acids is 1. The maximum Gasteiger partial charge on any atom is 0.322 e. The zero-order valence-corrected chi connectivity index (χ0v) is 12.5. The molecule has 0 spiro atoms. The van der Waals surface area contributed by atoms with Gasteiger partial charge in [0.15, 0.2) is 5.69 Å². The van der Waals surface area contributed by atoms with Gasteiger partial charge in [0.2, 0.25) is 5.89 Å². The quantitative estimate of drug-likeness (QED) is 0.802. The summed E-state index contributed by atoms with van der Waals surface area (Å²) in [5.41, 5.74) is 3.05. The van der Waals surface area contributed by atoms with Crippen molar-refractivity contribution < 1.29 is 9.21 Å². The molecule has 0 radical (unpaired) electrons. The number of hydrogen-bond acceptors (Lipinski definition) is 5. The maximum absolute atomic E-state index is 12.1. The van der Waals surface area contributed by atoms with E-state index in [2.05, 4.69) is 20.6 Å². The SMILES string of the molecule is Cc1ccc(-c2nnc(NC(=O)c3nn(C)cc3C)o2)cc1. The lowest BCUT2D eigenvalue weighted by Gasteiger charge is -1.98. The summed E-state index contributed by atoms with van der Waals surface area (Å²) in [7, 11) is 1.76. The Labute approximate surface area is 127 Å². The normalized spacial score (nSPS) is 10.7. The van der Waals surface area contributed by atoms with Gasteiger partial charge in [-0.2, -0.15) is 5.10 Å². The number of amides is 1. The molecule has 1 N–H and O–H groups in total. The van der Waals surface area contributed by atoms with Crippen LogP contribution in [0, 0.1) is 13.8 Å². The lowest BCUT2D eigenvalue weighted by atomic mass is 10.1. The zero-order valence-electron chi connectivity index (χ0n) is 12.5. The van der Waals surface area contributed by atoms with Gasteiger partial charge < -0.3 is 4.42 Å². The molecule has 112 valence electrons. The van der Waals surface area contributed by atoms with Crippen LogP contribution in [-0.2, 0) is 7.05 Å². The molecule has 1 amide bonds. The summed E-state index contributed by atoms with van der Waals surface area (Å²) < 4.78 is 7.04. The molecule has 0 unspecified atom stereocenters. The molecule has 1 aromatic carbocycles. The fourth-order valence-electron chi connectivity index (χ4n) is 2.07. The Morgan fingerprint density at radius 1 is 1.18 bits per heavy atom. The van der Waals surface area contributed by atoms with Crippen molar-refractivity contribution in [2.45, 2.75) is 13.8 Å². The molecule has 0 atom stereocenters. The number of aryl methyl sites for hydroxylation is 3. The molecule has 0 fully saturated rings. The summed E-state index contributed by atoms with van der Waals surface area (Å²) in [6, 6.07) is 7.73. The van der Waals surface area contributed by atoms with Crippen LogP contribution in [0.2, 0.25) is 0 Å². The van der Waals surface area contributed by atoms with Crippen LogP contribution in [-0.4, -0.2) is 25.9 Å². The third-order valence-corrected chi connectivity index (χ3v) is 3.17. The van der Waals surface area contributed by atoms with E-state index in [1.165, 1.54) is 0 Å². The van der Waals surface area contributed by atoms with Crippen LogP contribution in [0.5, 0.6) is 0 Å². The summed E-state index contributed by atoms with van der Waals surface area (Å²) in [6.07, 6.45) is 1.76. The molecule has 7 heteroatoms. The number of nitrogens with one attached hydrogen (secondary N) is 1. The van der Waals surface area contributed by atoms with Crippen molar-refractivity contribution in [3.63, 3.8) is 0 Å². The first-order valence-electron chi connectivity index (χ1n) is 6.75. The van der Waals surface area contributed by atoms with Crippen LogP contribution < -0.4 is 5.32 Å². The number of carbonyl (C=O) groups is 1. The molecule has 0 saturated heterocycles. The highest BCUT2D eigenvalue weighted by atomic mass is 16.4. The van der Waals surface area contributed by atoms with Crippen molar-refractivity contribution in [2.75, 3.05) is 5.32 Å². The molecule has 0 aliphatic heterocycles. The van der Waals surface area contributed by atoms with Crippen LogP contribution in [0.3, 0.4) is 0 Å². The standard InChI is InChI=1S/C15H15N5O2/c1-9-4-6-11(7-5-9)14-17-18-15(22-14)16-13(21)12-10(2)8-20(3)19-12/h4-8H,1-3H3,(H,16,18,21). The van der Waals surface area contributed by atoms with E-state index in [4.69, 9.17) is 4.42 Å². The lowest BCUT2D eigenvalue weighted by molar-refractivity contribution is 0.101. The first-order chi connectivity index (χ1) is 10.5. The predicted molar refractivity (Wildman–Crippen MR) is 80.4 cm³/mol. The summed E-state index contributed by atoms with van der Waals surface area (Å²) >= 11 is 0. The molecule has 0 bridgehead atoms. The number of aromatic nitrogens is 4. The topological polar surface area (TPSA) is 85.8 Å². The predicted octanol–water partition coefficient (Wildman–Crippen LogP) is 2.34. The fourth-order valence-corrected chi connectivity index (χ4v) is 2.07. The number of rotatable bonds is 3. The number of anilines is 1. The van der Waals surface area contributed by atoms with Crippen LogP contribution in [0.1, 0.15) is 21.6 Å². The molecule has 0 aliphatic carbocycles. The third-order valence-electron chi connectivity index (χ3n) is 3.17. The average molecular weight is 297 g/mol. The Bertz CT molecular complexity index is 817. The highest BCUT2D eigenvalue weighted by Gasteiger charge is 2.17. The molecule has 2 heterocycles. The van der Waals surface area contributed by atoms with E-state index < -0.39 is 0 Å². The second kappa shape index (κ2) is 5.44. The number of benzene rings is 1. The fraction of sp³-hybridized carbons (Fsp3) is 0.200. The van der Waals surface area contributed by atoms with Crippen LogP contribution >= 0.6 is 0 Å². The molecular formula is C15H15N5O2. The van der Waals surface area contributed by atoms with E-state index in [0.29, 0.717) is 11.6 Å². The van der Waals surface area contributed by atoms with Crippen molar-refractivity contribution in [2.24, 2.45) is 7.05 Å². The Kier molecular flexibility index (Phi) is 3.46. The van der Waals surface area contributed by atoms with Gasteiger partial charge in [-0.05, 0) is 26.0 Å². The van der Waals surface area contributed by atoms with Crippen molar-refractivity contribution in [3.8, 4) is 11.5 Å². The van der Waals surface area contributed by atoms with E-state index >= 15 is 0 Å². The first kappa shape index (κ1) is 14.0. The molecule has 0 saturated carbocycles. The van der Waals surface area contributed by atoms with Crippen molar-refractivity contribution >= 4 is 11.9 Å². The zero-order chi connectivity index (χ0) is 15.7. The average Bonchev–Trinajstić information content (AvgIpc) is 3.06. The summed E-state index contributed by atoms with van der Waals surface area (Å²) in [5.74, 6) is -0.0229. The van der Waals surface area contributed by atoms with Crippen molar-refractivity contribution in [3.05, 3.63) is 47.3 Å². The van der Waals surface area contributed by atoms with Gasteiger partial charge >= 0.3 is 6.01 Å². The molecular weight excluding hydrogens is 282 g/mol. The Hall–Kier alpha value is -2.96. The first-order valence-corrected chi connectivity index (χ1v) is 6.75. The largest absolute Gasteiger partial charge is 0.403 e. The monoisotopic (exact) mass is 297 g/mol. The van der Waals surface area contributed by atoms with Crippen LogP contribution in [0.25, 0.3) is 11.5 Å². The molecule has 0 aliphatic rings. The smallest absolute Gasteiger partial charge is 0.322 e. The van der Waals surface area contributed by atoms with Gasteiger partial charge in [0.25, 0.3) is 5.91 Å². The molecule has 2 aromatic heterocycles. The van der Waals surface area contributed by atoms with Gasteiger partial charge in [-0.25, -0.2) is 0 Å². The van der Waals surface area contributed by atoms with Crippen molar-refractivity contribution in [1.82, 2.24) is 20.0 Å². The van der Waals surface area contributed by atoms with Crippen molar-refractivity contribution in [1.29, 1.82) is 0 Å². The number of hydrogen-bond donors (Lipinski definition) is 1. The summed E-state index contributed by atoms with van der Waals surface area (Å²) in [6.45, 7) is 3.81. The Morgan fingerprint density at radius 2 is 1.91 bits per heavy atom. The van der Waals surface area contributed by atoms with Crippen LogP contribution in [0.4, 0.5) is 6.01 Å².